The van der Waals surface area contributed by atoms with Gasteiger partial charge in [-0.2, -0.15) is 0 Å². The number of hydrogen-bond acceptors (Lipinski definition) is 2. The van der Waals surface area contributed by atoms with Crippen molar-refractivity contribution in [3.8, 4) is 5.75 Å². The lowest BCUT2D eigenvalue weighted by Crippen LogP contribution is -2.43. The molecule has 1 aromatic rings. The normalized spacial score (nSPS) is 24.8. The van der Waals surface area contributed by atoms with E-state index in [-0.39, 0.29) is 6.10 Å². The van der Waals surface area contributed by atoms with Crippen molar-refractivity contribution in [3.63, 3.8) is 0 Å². The van der Waals surface area contributed by atoms with Gasteiger partial charge in [-0.25, -0.2) is 0 Å². The summed E-state index contributed by atoms with van der Waals surface area (Å²) in [6.45, 7) is 7.90. The molecule has 1 aliphatic heterocycles. The van der Waals surface area contributed by atoms with Crippen molar-refractivity contribution in [2.24, 2.45) is 0 Å². The van der Waals surface area contributed by atoms with Crippen LogP contribution < -0.4 is 4.74 Å². The van der Waals surface area contributed by atoms with E-state index in [0.29, 0.717) is 5.92 Å². The van der Waals surface area contributed by atoms with Crippen LogP contribution in [0.4, 0.5) is 0 Å². The van der Waals surface area contributed by atoms with Crippen LogP contribution in [-0.4, -0.2) is 16.8 Å². The van der Waals surface area contributed by atoms with Gasteiger partial charge in [0.25, 0.3) is 0 Å². The maximum absolute atomic E-state index is 10.0. The second-order valence-electron chi connectivity index (χ2n) is 5.44. The van der Waals surface area contributed by atoms with Crippen LogP contribution in [0.5, 0.6) is 5.75 Å². The van der Waals surface area contributed by atoms with Gasteiger partial charge in [-0.15, -0.1) is 0 Å². The average molecular weight is 220 g/mol. The molecule has 2 unspecified atom stereocenters. The first-order valence-corrected chi connectivity index (χ1v) is 5.87. The van der Waals surface area contributed by atoms with E-state index in [4.69, 9.17) is 4.74 Å². The van der Waals surface area contributed by atoms with E-state index in [2.05, 4.69) is 26.0 Å². The van der Waals surface area contributed by atoms with E-state index in [0.717, 1.165) is 12.2 Å². The Labute approximate surface area is 97.3 Å². The Balaban J connectivity index is 2.34. The molecule has 0 aromatic heterocycles. The van der Waals surface area contributed by atoms with Crippen LogP contribution in [0.3, 0.4) is 0 Å². The molecular formula is C14H20O2. The summed E-state index contributed by atoms with van der Waals surface area (Å²) in [5, 5.41) is 10.0. The lowest BCUT2D eigenvalue weighted by atomic mass is 9.85. The summed E-state index contributed by atoms with van der Waals surface area (Å²) in [6.07, 6.45) is 0.762. The third-order valence-electron chi connectivity index (χ3n) is 3.32. The van der Waals surface area contributed by atoms with Crippen molar-refractivity contribution in [2.75, 3.05) is 0 Å². The summed E-state index contributed by atoms with van der Waals surface area (Å²) in [6, 6.07) is 6.25. The molecule has 16 heavy (non-hydrogen) atoms. The first kappa shape index (κ1) is 11.5. The van der Waals surface area contributed by atoms with Crippen LogP contribution in [0.2, 0.25) is 0 Å². The second kappa shape index (κ2) is 3.77. The van der Waals surface area contributed by atoms with Crippen LogP contribution in [0.25, 0.3) is 0 Å². The smallest absolute Gasteiger partial charge is 0.127 e. The van der Waals surface area contributed by atoms with Gasteiger partial charge in [-0.1, -0.05) is 24.6 Å². The largest absolute Gasteiger partial charge is 0.487 e. The van der Waals surface area contributed by atoms with Crippen molar-refractivity contribution in [2.45, 2.75) is 51.7 Å². The molecule has 1 N–H and O–H groups in total. The molecule has 1 heterocycles. The van der Waals surface area contributed by atoms with Crippen molar-refractivity contribution in [1.82, 2.24) is 0 Å². The van der Waals surface area contributed by atoms with Crippen molar-refractivity contribution < 1.29 is 9.84 Å². The highest BCUT2D eigenvalue weighted by molar-refractivity contribution is 5.41. The lowest BCUT2D eigenvalue weighted by Gasteiger charge is -2.37. The number of aryl methyl sites for hydroxylation is 1. The Morgan fingerprint density at radius 3 is 2.69 bits per heavy atom. The summed E-state index contributed by atoms with van der Waals surface area (Å²) in [5.41, 5.74) is 1.74. The fourth-order valence-electron chi connectivity index (χ4n) is 2.24. The van der Waals surface area contributed by atoms with Crippen molar-refractivity contribution >= 4 is 0 Å². The van der Waals surface area contributed by atoms with Gasteiger partial charge in [0.2, 0.25) is 0 Å². The summed E-state index contributed by atoms with van der Waals surface area (Å²) in [4.78, 5) is 0. The molecule has 0 saturated carbocycles. The van der Waals surface area contributed by atoms with E-state index in [1.54, 1.807) is 0 Å². The lowest BCUT2D eigenvalue weighted by molar-refractivity contribution is -0.0461. The van der Waals surface area contributed by atoms with Gasteiger partial charge in [-0.3, -0.25) is 0 Å². The number of aliphatic hydroxyl groups is 1. The third-order valence-corrected chi connectivity index (χ3v) is 3.32. The first-order valence-electron chi connectivity index (χ1n) is 5.87. The quantitative estimate of drug-likeness (QED) is 0.788. The van der Waals surface area contributed by atoms with Crippen LogP contribution >= 0.6 is 0 Å². The maximum Gasteiger partial charge on any atom is 0.127 e. The number of rotatable bonds is 1. The van der Waals surface area contributed by atoms with Gasteiger partial charge >= 0.3 is 0 Å². The van der Waals surface area contributed by atoms with Crippen molar-refractivity contribution in [3.05, 3.63) is 29.3 Å². The highest BCUT2D eigenvalue weighted by Crippen LogP contribution is 2.39. The minimum absolute atomic E-state index is 0.113. The Bertz CT molecular complexity index is 390. The average Bonchev–Trinajstić information content (AvgIpc) is 2.17. The number of ether oxygens (including phenoxy) is 1. The van der Waals surface area contributed by atoms with Gasteiger partial charge in [-0.05, 0) is 44.7 Å². The second-order valence-corrected chi connectivity index (χ2v) is 5.44. The van der Waals surface area contributed by atoms with Crippen molar-refractivity contribution in [1.29, 1.82) is 0 Å². The Morgan fingerprint density at radius 1 is 1.38 bits per heavy atom. The molecule has 1 aliphatic rings. The molecule has 0 aliphatic carbocycles. The SMILES string of the molecule is Cc1ccc2c(c1)C(C)CC(C(C)(C)O)O2. The van der Waals surface area contributed by atoms with Crippen LogP contribution in [0, 0.1) is 6.92 Å². The first-order chi connectivity index (χ1) is 7.38. The highest BCUT2D eigenvalue weighted by Gasteiger charge is 2.35. The number of fused-ring (bicyclic) bond motifs is 1. The Hall–Kier alpha value is -1.02. The molecule has 2 atom stereocenters. The Morgan fingerprint density at radius 2 is 2.06 bits per heavy atom. The predicted octanol–water partition coefficient (Wildman–Crippen LogP) is 3.02. The highest BCUT2D eigenvalue weighted by atomic mass is 16.5. The van der Waals surface area contributed by atoms with Crippen LogP contribution in [0.1, 0.15) is 44.2 Å². The molecule has 0 spiro atoms. The van der Waals surface area contributed by atoms with Gasteiger partial charge in [0.1, 0.15) is 11.9 Å². The molecule has 0 radical (unpaired) electrons. The van der Waals surface area contributed by atoms with Gasteiger partial charge in [0.15, 0.2) is 0 Å². The molecular weight excluding hydrogens is 200 g/mol. The summed E-state index contributed by atoms with van der Waals surface area (Å²) < 4.78 is 5.87. The monoisotopic (exact) mass is 220 g/mol. The number of hydrogen-bond donors (Lipinski definition) is 1. The maximum atomic E-state index is 10.0. The molecule has 0 fully saturated rings. The number of benzene rings is 1. The van der Waals surface area contributed by atoms with Gasteiger partial charge in [0, 0.05) is 0 Å². The van der Waals surface area contributed by atoms with Crippen LogP contribution in [0.15, 0.2) is 18.2 Å². The molecule has 0 saturated heterocycles. The van der Waals surface area contributed by atoms with E-state index < -0.39 is 5.60 Å². The van der Waals surface area contributed by atoms with Gasteiger partial charge < -0.3 is 9.84 Å². The fraction of sp³-hybridized carbons (Fsp3) is 0.571. The van der Waals surface area contributed by atoms with E-state index in [1.807, 2.05) is 19.9 Å². The van der Waals surface area contributed by atoms with E-state index >= 15 is 0 Å². The molecule has 2 rings (SSSR count). The topological polar surface area (TPSA) is 29.5 Å². The molecule has 0 amide bonds. The Kier molecular flexibility index (Phi) is 2.70. The molecule has 2 heteroatoms. The standard InChI is InChI=1S/C14H20O2/c1-9-5-6-12-11(7-9)10(2)8-13(16-12)14(3,4)15/h5-7,10,13,15H,8H2,1-4H3. The zero-order valence-corrected chi connectivity index (χ0v) is 10.4. The van der Waals surface area contributed by atoms with E-state index in [1.165, 1.54) is 11.1 Å². The van der Waals surface area contributed by atoms with E-state index in [9.17, 15) is 5.11 Å². The molecule has 0 bridgehead atoms. The zero-order valence-electron chi connectivity index (χ0n) is 10.4. The summed E-state index contributed by atoms with van der Waals surface area (Å²) >= 11 is 0. The fourth-order valence-corrected chi connectivity index (χ4v) is 2.24. The summed E-state index contributed by atoms with van der Waals surface area (Å²) in [7, 11) is 0. The van der Waals surface area contributed by atoms with Gasteiger partial charge in [0.05, 0.1) is 5.60 Å². The third kappa shape index (κ3) is 2.07. The predicted molar refractivity (Wildman–Crippen MR) is 64.9 cm³/mol. The summed E-state index contributed by atoms with van der Waals surface area (Å²) in [5.74, 6) is 1.37. The molecule has 2 nitrogen and oxygen atoms in total. The molecule has 88 valence electrons. The minimum Gasteiger partial charge on any atom is -0.487 e. The van der Waals surface area contributed by atoms with Crippen LogP contribution in [-0.2, 0) is 0 Å². The molecule has 1 aromatic carbocycles. The zero-order chi connectivity index (χ0) is 11.9. The minimum atomic E-state index is -0.781.